The number of hydrogen-bond acceptors (Lipinski definition) is 3. The second-order valence-electron chi connectivity index (χ2n) is 10.6. The van der Waals surface area contributed by atoms with Gasteiger partial charge in [0.05, 0.1) is 17.1 Å². The fraction of sp³-hybridized carbons (Fsp3) is 0.273. The van der Waals surface area contributed by atoms with E-state index in [1.807, 2.05) is 50.2 Å². The monoisotopic (exact) mass is 573 g/mol. The lowest BCUT2D eigenvalue weighted by atomic mass is 9.87. The maximum atomic E-state index is 13.9. The number of carbonyl (C=O) groups is 1. The van der Waals surface area contributed by atoms with E-state index >= 15 is 0 Å². The molecule has 0 spiro atoms. The summed E-state index contributed by atoms with van der Waals surface area (Å²) in [5.41, 5.74) is 5.38. The molecule has 1 aromatic heterocycles. The molecule has 3 aromatic carbocycles. The summed E-state index contributed by atoms with van der Waals surface area (Å²) in [5, 5.41) is 0. The Morgan fingerprint density at radius 3 is 2.56 bits per heavy atom. The summed E-state index contributed by atoms with van der Waals surface area (Å²) in [6.07, 6.45) is 2.82. The highest BCUT2D eigenvalue weighted by atomic mass is 32.2. The number of anilines is 1. The van der Waals surface area contributed by atoms with Crippen molar-refractivity contribution in [3.8, 4) is 0 Å². The predicted molar refractivity (Wildman–Crippen MR) is 158 cm³/mol. The first kappa shape index (κ1) is 28.8. The topological polar surface area (TPSA) is 62.3 Å². The van der Waals surface area contributed by atoms with Gasteiger partial charge in [0.25, 0.3) is 0 Å². The molecule has 0 radical (unpaired) electrons. The minimum Gasteiger partial charge on any atom is -0.306 e. The molecule has 1 heterocycles. The van der Waals surface area contributed by atoms with E-state index in [0.29, 0.717) is 11.4 Å². The summed E-state index contributed by atoms with van der Waals surface area (Å²) in [7, 11) is -1.60. The molecule has 0 saturated heterocycles. The average molecular weight is 574 g/mol. The van der Waals surface area contributed by atoms with Gasteiger partial charge < -0.3 is 4.90 Å². The van der Waals surface area contributed by atoms with Crippen molar-refractivity contribution in [2.24, 2.45) is 0 Å². The molecule has 1 N–H and O–H groups in total. The largest absolute Gasteiger partial charge is 0.306 e. The molecule has 0 aliphatic heterocycles. The van der Waals surface area contributed by atoms with Gasteiger partial charge >= 0.3 is 0 Å². The molecule has 2 unspecified atom stereocenters. The normalized spacial score (nSPS) is 16.0. The summed E-state index contributed by atoms with van der Waals surface area (Å²) in [6.45, 7) is 4.17. The minimum absolute atomic E-state index is 0.0752. The van der Waals surface area contributed by atoms with Crippen molar-refractivity contribution in [3.05, 3.63) is 125 Å². The van der Waals surface area contributed by atoms with Crippen LogP contribution in [0.15, 0.2) is 89.8 Å². The van der Waals surface area contributed by atoms with Crippen molar-refractivity contribution in [2.45, 2.75) is 62.9 Å². The molecule has 41 heavy (non-hydrogen) atoms. The maximum Gasteiger partial charge on any atom is 0.227 e. The second kappa shape index (κ2) is 12.8. The van der Waals surface area contributed by atoms with E-state index in [0.717, 1.165) is 53.0 Å². The molecule has 4 aromatic rings. The first-order valence-electron chi connectivity index (χ1n) is 13.8. The van der Waals surface area contributed by atoms with Gasteiger partial charge in [-0.25, -0.2) is 17.7 Å². The van der Waals surface area contributed by atoms with Crippen molar-refractivity contribution in [1.29, 1.82) is 0 Å². The molecule has 1 aliphatic carbocycles. The van der Waals surface area contributed by atoms with E-state index < -0.39 is 16.8 Å². The first-order chi connectivity index (χ1) is 19.8. The number of halogens is 2. The Bertz CT molecular complexity index is 1560. The van der Waals surface area contributed by atoms with Gasteiger partial charge in [-0.3, -0.25) is 9.78 Å². The fourth-order valence-electron chi connectivity index (χ4n) is 5.31. The van der Waals surface area contributed by atoms with Crippen LogP contribution in [-0.4, -0.2) is 15.1 Å². The van der Waals surface area contributed by atoms with Gasteiger partial charge in [0.1, 0.15) is 22.6 Å². The Morgan fingerprint density at radius 2 is 1.80 bits per heavy atom. The van der Waals surface area contributed by atoms with E-state index in [4.69, 9.17) is 0 Å². The van der Waals surface area contributed by atoms with Crippen molar-refractivity contribution in [1.82, 2.24) is 9.71 Å². The summed E-state index contributed by atoms with van der Waals surface area (Å²) < 4.78 is 43.5. The molecule has 0 fully saturated rings. The van der Waals surface area contributed by atoms with Crippen LogP contribution in [0.1, 0.15) is 66.2 Å². The third kappa shape index (κ3) is 7.13. The van der Waals surface area contributed by atoms with Gasteiger partial charge in [-0.15, -0.1) is 0 Å². The van der Waals surface area contributed by atoms with E-state index in [1.54, 1.807) is 29.2 Å². The van der Waals surface area contributed by atoms with E-state index in [-0.39, 0.29) is 30.1 Å². The Kier molecular flexibility index (Phi) is 9.00. The van der Waals surface area contributed by atoms with Crippen molar-refractivity contribution >= 4 is 22.6 Å². The van der Waals surface area contributed by atoms with Gasteiger partial charge in [-0.05, 0) is 103 Å². The average Bonchev–Trinajstić information content (AvgIpc) is 2.96. The molecule has 1 amide bonds. The van der Waals surface area contributed by atoms with Crippen LogP contribution in [0.25, 0.3) is 0 Å². The summed E-state index contributed by atoms with van der Waals surface area (Å²) in [6, 6.07) is 23.6. The smallest absolute Gasteiger partial charge is 0.227 e. The molecule has 5 rings (SSSR count). The number of rotatable bonds is 9. The van der Waals surface area contributed by atoms with Crippen LogP contribution in [0.3, 0.4) is 0 Å². The second-order valence-corrected chi connectivity index (χ2v) is 11.8. The molecule has 0 bridgehead atoms. The lowest BCUT2D eigenvalue weighted by Crippen LogP contribution is -2.32. The van der Waals surface area contributed by atoms with Crippen molar-refractivity contribution < 1.29 is 17.8 Å². The van der Waals surface area contributed by atoms with Gasteiger partial charge in [-0.2, -0.15) is 0 Å². The first-order valence-corrected chi connectivity index (χ1v) is 15.0. The van der Waals surface area contributed by atoms with Crippen LogP contribution >= 0.6 is 0 Å². The number of aromatic nitrogens is 1. The number of hydrogen-bond donors (Lipinski definition) is 1. The molecular formula is C33H33F2N3O2S. The lowest BCUT2D eigenvalue weighted by molar-refractivity contribution is -0.119. The third-order valence-corrected chi connectivity index (χ3v) is 8.68. The maximum absolute atomic E-state index is 13.9. The highest BCUT2D eigenvalue weighted by Gasteiger charge is 2.26. The quantitative estimate of drug-likeness (QED) is 0.233. The zero-order valence-corrected chi connectivity index (χ0v) is 24.0. The van der Waals surface area contributed by atoms with Crippen LogP contribution in [-0.2, 0) is 28.7 Å². The SMILES string of the molecule is Cc1cccc(CN(C(=O)C[C@H](C)c2ccc(F)cc2)c2ccc3c(c2)C(NS(=O)c2cccc(F)c2)CCC3)n1. The lowest BCUT2D eigenvalue weighted by Gasteiger charge is -2.30. The Balaban J connectivity index is 1.44. The summed E-state index contributed by atoms with van der Waals surface area (Å²) >= 11 is 0. The number of fused-ring (bicyclic) bond motifs is 1. The molecule has 0 saturated carbocycles. The van der Waals surface area contributed by atoms with Crippen LogP contribution in [0.4, 0.5) is 14.5 Å². The van der Waals surface area contributed by atoms with E-state index in [9.17, 15) is 17.8 Å². The molecule has 1 aliphatic rings. The number of nitrogens with zero attached hydrogens (tertiary/aromatic N) is 2. The number of nitrogens with one attached hydrogen (secondary N) is 1. The zero-order valence-electron chi connectivity index (χ0n) is 23.1. The van der Waals surface area contributed by atoms with Gasteiger partial charge in [0, 0.05) is 23.8 Å². The molecule has 8 heteroatoms. The molecular weight excluding hydrogens is 540 g/mol. The number of amides is 1. The Morgan fingerprint density at radius 1 is 1.02 bits per heavy atom. The Hall–Kier alpha value is -3.75. The summed E-state index contributed by atoms with van der Waals surface area (Å²) in [4.78, 5) is 20.6. The van der Waals surface area contributed by atoms with Crippen molar-refractivity contribution in [3.63, 3.8) is 0 Å². The van der Waals surface area contributed by atoms with Crippen molar-refractivity contribution in [2.75, 3.05) is 4.90 Å². The van der Waals surface area contributed by atoms with Gasteiger partial charge in [-0.1, -0.05) is 37.3 Å². The minimum atomic E-state index is -1.60. The summed E-state index contributed by atoms with van der Waals surface area (Å²) in [5.74, 6) is -0.932. The van der Waals surface area contributed by atoms with Gasteiger partial charge in [0.15, 0.2) is 0 Å². The van der Waals surface area contributed by atoms with Crippen LogP contribution in [0.2, 0.25) is 0 Å². The number of aryl methyl sites for hydroxylation is 2. The van der Waals surface area contributed by atoms with Crippen LogP contribution < -0.4 is 9.62 Å². The number of carbonyl (C=O) groups excluding carboxylic acids is 1. The highest BCUT2D eigenvalue weighted by molar-refractivity contribution is 7.83. The highest BCUT2D eigenvalue weighted by Crippen LogP contribution is 2.34. The van der Waals surface area contributed by atoms with E-state index in [2.05, 4.69) is 9.71 Å². The Labute approximate surface area is 242 Å². The number of pyridine rings is 1. The van der Waals surface area contributed by atoms with Gasteiger partial charge in [0.2, 0.25) is 5.91 Å². The number of benzene rings is 3. The molecule has 5 nitrogen and oxygen atoms in total. The third-order valence-electron chi connectivity index (χ3n) is 7.50. The standard InChI is InChI=1S/C33H33F2N3O2S/c1-22(24-12-15-26(34)16-13-24)18-33(39)38(21-28-9-3-6-23(2)36-28)29-17-14-25-7-4-11-32(31(25)20-29)37-41(40)30-10-5-8-27(35)19-30/h3,5-6,8-10,12-17,19-20,22,32,37H,4,7,11,18,21H2,1-2H3/t22-,32?,41?/m0/s1. The van der Waals surface area contributed by atoms with E-state index in [1.165, 1.54) is 24.3 Å². The zero-order chi connectivity index (χ0) is 28.9. The predicted octanol–water partition coefficient (Wildman–Crippen LogP) is 7.09. The molecule has 212 valence electrons. The fourth-order valence-corrected chi connectivity index (χ4v) is 6.37. The van der Waals surface area contributed by atoms with Crippen LogP contribution in [0, 0.1) is 18.6 Å². The molecule has 3 atom stereocenters. The van der Waals surface area contributed by atoms with Crippen LogP contribution in [0.5, 0.6) is 0 Å².